The molecule has 0 bridgehead atoms. The summed E-state index contributed by atoms with van der Waals surface area (Å²) in [4.78, 5) is 4.50. The Balaban J connectivity index is 2.18. The molecule has 0 aliphatic carbocycles. The molecule has 0 unspecified atom stereocenters. The van der Waals surface area contributed by atoms with Gasteiger partial charge in [0.1, 0.15) is 11.5 Å². The smallest absolute Gasteiger partial charge is 0.148 e. The van der Waals surface area contributed by atoms with Crippen molar-refractivity contribution in [3.8, 4) is 11.5 Å². The first-order chi connectivity index (χ1) is 9.63. The van der Waals surface area contributed by atoms with Gasteiger partial charge in [0.05, 0.1) is 5.69 Å². The average molecular weight is 270 g/mol. The second kappa shape index (κ2) is 6.53. The summed E-state index contributed by atoms with van der Waals surface area (Å²) in [6.07, 6.45) is 1.79. The molecule has 20 heavy (non-hydrogen) atoms. The summed E-state index contributed by atoms with van der Waals surface area (Å²) >= 11 is 0. The third-order valence-corrected chi connectivity index (χ3v) is 3.38. The predicted molar refractivity (Wildman–Crippen MR) is 82.1 cm³/mol. The number of nitrogens with zero attached hydrogens (tertiary/aromatic N) is 1. The molecule has 0 aliphatic heterocycles. The predicted octanol–water partition coefficient (Wildman–Crippen LogP) is 4.15. The number of hydrogen-bond donors (Lipinski definition) is 1. The first-order valence-electron chi connectivity index (χ1n) is 7.14. The van der Waals surface area contributed by atoms with Gasteiger partial charge in [-0.25, -0.2) is 0 Å². The highest BCUT2D eigenvalue weighted by atomic mass is 16.5. The summed E-state index contributed by atoms with van der Waals surface area (Å²) in [6, 6.07) is 12.0. The molecular formula is C17H22N2O. The van der Waals surface area contributed by atoms with E-state index in [0.717, 1.165) is 41.3 Å². The monoisotopic (exact) mass is 270 g/mol. The van der Waals surface area contributed by atoms with E-state index in [1.54, 1.807) is 0 Å². The lowest BCUT2D eigenvalue weighted by Gasteiger charge is -2.12. The number of benzene rings is 1. The first-order valence-corrected chi connectivity index (χ1v) is 7.14. The summed E-state index contributed by atoms with van der Waals surface area (Å²) in [5, 5.41) is 0. The van der Waals surface area contributed by atoms with Crippen LogP contribution in [-0.4, -0.2) is 4.98 Å². The average Bonchev–Trinajstić information content (AvgIpc) is 2.49. The van der Waals surface area contributed by atoms with Crippen LogP contribution >= 0.6 is 0 Å². The van der Waals surface area contributed by atoms with Crippen molar-refractivity contribution >= 4 is 0 Å². The Hall–Kier alpha value is -1.87. The largest absolute Gasteiger partial charge is 0.455 e. The molecule has 2 aromatic rings. The fourth-order valence-corrected chi connectivity index (χ4v) is 2.09. The van der Waals surface area contributed by atoms with Crippen molar-refractivity contribution < 1.29 is 4.74 Å². The molecule has 0 saturated heterocycles. The van der Waals surface area contributed by atoms with Crippen molar-refractivity contribution in [2.75, 3.05) is 0 Å². The first kappa shape index (κ1) is 14.5. The SMILES string of the molecule is CCc1nc(C)ccc1Oc1ccc([C@H](N)CC)cc1. The minimum Gasteiger partial charge on any atom is -0.455 e. The second-order valence-corrected chi connectivity index (χ2v) is 4.94. The van der Waals surface area contributed by atoms with E-state index in [1.165, 1.54) is 0 Å². The summed E-state index contributed by atoms with van der Waals surface area (Å²) < 4.78 is 5.92. The quantitative estimate of drug-likeness (QED) is 0.887. The maximum absolute atomic E-state index is 6.01. The topological polar surface area (TPSA) is 48.1 Å². The van der Waals surface area contributed by atoms with Gasteiger partial charge in [-0.15, -0.1) is 0 Å². The molecule has 0 fully saturated rings. The van der Waals surface area contributed by atoms with Gasteiger partial charge in [-0.2, -0.15) is 0 Å². The Kier molecular flexibility index (Phi) is 4.74. The molecule has 1 aromatic carbocycles. The number of pyridine rings is 1. The van der Waals surface area contributed by atoms with Gasteiger partial charge >= 0.3 is 0 Å². The van der Waals surface area contributed by atoms with E-state index in [2.05, 4.69) is 18.8 Å². The van der Waals surface area contributed by atoms with Crippen molar-refractivity contribution in [3.63, 3.8) is 0 Å². The highest BCUT2D eigenvalue weighted by Crippen LogP contribution is 2.26. The van der Waals surface area contributed by atoms with Crippen LogP contribution in [0.3, 0.4) is 0 Å². The van der Waals surface area contributed by atoms with Crippen LogP contribution in [0.5, 0.6) is 11.5 Å². The maximum atomic E-state index is 6.01. The lowest BCUT2D eigenvalue weighted by molar-refractivity contribution is 0.472. The summed E-state index contributed by atoms with van der Waals surface area (Å²) in [5.41, 5.74) is 9.14. The lowest BCUT2D eigenvalue weighted by atomic mass is 10.1. The lowest BCUT2D eigenvalue weighted by Crippen LogP contribution is -2.08. The summed E-state index contributed by atoms with van der Waals surface area (Å²) in [5.74, 6) is 1.64. The minimum atomic E-state index is 0.0938. The van der Waals surface area contributed by atoms with E-state index >= 15 is 0 Å². The van der Waals surface area contributed by atoms with Crippen molar-refractivity contribution in [2.45, 2.75) is 39.7 Å². The van der Waals surface area contributed by atoms with Gasteiger partial charge in [-0.05, 0) is 49.6 Å². The molecule has 3 heteroatoms. The normalized spacial score (nSPS) is 12.2. The van der Waals surface area contributed by atoms with Crippen molar-refractivity contribution in [3.05, 3.63) is 53.3 Å². The van der Waals surface area contributed by atoms with E-state index in [1.807, 2.05) is 43.3 Å². The Morgan fingerprint density at radius 1 is 1.10 bits per heavy atom. The van der Waals surface area contributed by atoms with E-state index in [-0.39, 0.29) is 6.04 Å². The van der Waals surface area contributed by atoms with Crippen LogP contribution in [0.4, 0.5) is 0 Å². The van der Waals surface area contributed by atoms with Crippen LogP contribution in [0.2, 0.25) is 0 Å². The van der Waals surface area contributed by atoms with Crippen LogP contribution < -0.4 is 10.5 Å². The molecular weight excluding hydrogens is 248 g/mol. The van der Waals surface area contributed by atoms with E-state index < -0.39 is 0 Å². The van der Waals surface area contributed by atoms with Gasteiger partial charge in [-0.1, -0.05) is 26.0 Å². The Morgan fingerprint density at radius 3 is 2.40 bits per heavy atom. The summed E-state index contributed by atoms with van der Waals surface area (Å²) in [6.45, 7) is 6.16. The van der Waals surface area contributed by atoms with Crippen molar-refractivity contribution in [2.24, 2.45) is 5.73 Å². The van der Waals surface area contributed by atoms with Gasteiger partial charge in [0.2, 0.25) is 0 Å². The van der Waals surface area contributed by atoms with Crippen LogP contribution in [0.15, 0.2) is 36.4 Å². The zero-order valence-corrected chi connectivity index (χ0v) is 12.4. The highest BCUT2D eigenvalue weighted by molar-refractivity contribution is 5.36. The van der Waals surface area contributed by atoms with Crippen LogP contribution in [0.1, 0.15) is 43.3 Å². The molecule has 0 aliphatic rings. The van der Waals surface area contributed by atoms with Crippen molar-refractivity contribution in [1.29, 1.82) is 0 Å². The zero-order chi connectivity index (χ0) is 14.5. The third kappa shape index (κ3) is 3.36. The van der Waals surface area contributed by atoms with Gasteiger partial charge in [0.25, 0.3) is 0 Å². The third-order valence-electron chi connectivity index (χ3n) is 3.38. The van der Waals surface area contributed by atoms with E-state index in [4.69, 9.17) is 10.5 Å². The Labute approximate surface area is 120 Å². The molecule has 1 heterocycles. The molecule has 2 N–H and O–H groups in total. The molecule has 106 valence electrons. The van der Waals surface area contributed by atoms with Crippen molar-refractivity contribution in [1.82, 2.24) is 4.98 Å². The van der Waals surface area contributed by atoms with E-state index in [9.17, 15) is 0 Å². The Morgan fingerprint density at radius 2 is 1.80 bits per heavy atom. The van der Waals surface area contributed by atoms with Crippen LogP contribution in [0.25, 0.3) is 0 Å². The summed E-state index contributed by atoms with van der Waals surface area (Å²) in [7, 11) is 0. The van der Waals surface area contributed by atoms with E-state index in [0.29, 0.717) is 0 Å². The van der Waals surface area contributed by atoms with Gasteiger partial charge in [-0.3, -0.25) is 4.98 Å². The van der Waals surface area contributed by atoms with Crippen LogP contribution in [-0.2, 0) is 6.42 Å². The van der Waals surface area contributed by atoms with Crippen LogP contribution in [0, 0.1) is 6.92 Å². The number of rotatable bonds is 5. The number of hydrogen-bond acceptors (Lipinski definition) is 3. The molecule has 0 spiro atoms. The number of aryl methyl sites for hydroxylation is 2. The number of aromatic nitrogens is 1. The maximum Gasteiger partial charge on any atom is 0.148 e. The van der Waals surface area contributed by atoms with Gasteiger partial charge in [0, 0.05) is 11.7 Å². The standard InChI is InChI=1S/C17H22N2O/c1-4-15(18)13-7-9-14(10-8-13)20-17-11-6-12(3)19-16(17)5-2/h6-11,15H,4-5,18H2,1-3H3/t15-/m1/s1. The molecule has 0 amide bonds. The molecule has 0 radical (unpaired) electrons. The number of ether oxygens (including phenoxy) is 1. The molecule has 3 nitrogen and oxygen atoms in total. The number of nitrogens with two attached hydrogens (primary N) is 1. The van der Waals surface area contributed by atoms with Gasteiger partial charge < -0.3 is 10.5 Å². The second-order valence-electron chi connectivity index (χ2n) is 4.94. The zero-order valence-electron chi connectivity index (χ0n) is 12.4. The molecule has 0 saturated carbocycles. The fraction of sp³-hybridized carbons (Fsp3) is 0.353. The molecule has 1 atom stereocenters. The molecule has 1 aromatic heterocycles. The molecule has 2 rings (SSSR count). The van der Waals surface area contributed by atoms with Gasteiger partial charge in [0.15, 0.2) is 0 Å². The Bertz CT molecular complexity index is 564. The minimum absolute atomic E-state index is 0.0938. The highest BCUT2D eigenvalue weighted by Gasteiger charge is 2.07. The fourth-order valence-electron chi connectivity index (χ4n) is 2.09.